The molecule has 1 spiro atoms. The Hall–Kier alpha value is -0.610. The molecule has 0 heterocycles. The van der Waals surface area contributed by atoms with Gasteiger partial charge in [0.15, 0.2) is 0 Å². The molecule has 0 radical (unpaired) electrons. The summed E-state index contributed by atoms with van der Waals surface area (Å²) in [5.41, 5.74) is 0.424. The van der Waals surface area contributed by atoms with E-state index in [0.717, 1.165) is 32.7 Å². The molecule has 2 aliphatic carbocycles. The molecule has 2 fully saturated rings. The van der Waals surface area contributed by atoms with E-state index in [2.05, 4.69) is 10.6 Å². The highest BCUT2D eigenvalue weighted by Crippen LogP contribution is 2.62. The lowest BCUT2D eigenvalue weighted by atomic mass is 10.0. The lowest BCUT2D eigenvalue weighted by Crippen LogP contribution is -2.34. The van der Waals surface area contributed by atoms with Crippen molar-refractivity contribution in [3.8, 4) is 0 Å². The SMILES string of the molecule is COCCNCCNC(=O)C1CC12CCCC2. The van der Waals surface area contributed by atoms with Crippen LogP contribution in [0.5, 0.6) is 0 Å². The Labute approximate surface area is 103 Å². The van der Waals surface area contributed by atoms with Crippen LogP contribution in [-0.2, 0) is 9.53 Å². The second kappa shape index (κ2) is 5.83. The Morgan fingerprint density at radius 2 is 2.06 bits per heavy atom. The zero-order chi connectivity index (χ0) is 12.1. The number of rotatable bonds is 7. The minimum atomic E-state index is 0.278. The van der Waals surface area contributed by atoms with E-state index in [1.165, 1.54) is 25.7 Å². The highest BCUT2D eigenvalue weighted by Gasteiger charge is 2.58. The number of carbonyl (C=O) groups excluding carboxylic acids is 1. The molecule has 2 aliphatic rings. The van der Waals surface area contributed by atoms with Crippen LogP contribution < -0.4 is 10.6 Å². The van der Waals surface area contributed by atoms with Crippen LogP contribution in [0.4, 0.5) is 0 Å². The molecule has 0 aromatic heterocycles. The minimum Gasteiger partial charge on any atom is -0.383 e. The molecule has 4 nitrogen and oxygen atoms in total. The Morgan fingerprint density at radius 3 is 2.76 bits per heavy atom. The van der Waals surface area contributed by atoms with Crippen molar-refractivity contribution < 1.29 is 9.53 Å². The Bertz CT molecular complexity index is 262. The zero-order valence-electron chi connectivity index (χ0n) is 10.8. The highest BCUT2D eigenvalue weighted by molar-refractivity contribution is 5.82. The Kier molecular flexibility index (Phi) is 4.40. The van der Waals surface area contributed by atoms with E-state index in [9.17, 15) is 4.79 Å². The summed E-state index contributed by atoms with van der Waals surface area (Å²) in [6, 6.07) is 0. The number of methoxy groups -OCH3 is 1. The molecule has 4 heteroatoms. The topological polar surface area (TPSA) is 50.4 Å². The van der Waals surface area contributed by atoms with Crippen LogP contribution in [0.2, 0.25) is 0 Å². The maximum Gasteiger partial charge on any atom is 0.223 e. The molecule has 1 amide bonds. The fourth-order valence-electron chi connectivity index (χ4n) is 3.05. The van der Waals surface area contributed by atoms with Gasteiger partial charge < -0.3 is 15.4 Å². The van der Waals surface area contributed by atoms with E-state index in [1.807, 2.05) is 0 Å². The molecule has 0 aromatic rings. The van der Waals surface area contributed by atoms with E-state index in [1.54, 1.807) is 7.11 Å². The third kappa shape index (κ3) is 3.19. The van der Waals surface area contributed by atoms with E-state index in [4.69, 9.17) is 4.74 Å². The summed E-state index contributed by atoms with van der Waals surface area (Å²) in [6.45, 7) is 3.13. The van der Waals surface area contributed by atoms with Gasteiger partial charge in [-0.1, -0.05) is 12.8 Å². The smallest absolute Gasteiger partial charge is 0.223 e. The number of amides is 1. The lowest BCUT2D eigenvalue weighted by molar-refractivity contribution is -0.123. The van der Waals surface area contributed by atoms with Gasteiger partial charge in [0.05, 0.1) is 6.61 Å². The first kappa shape index (κ1) is 12.8. The van der Waals surface area contributed by atoms with Gasteiger partial charge in [-0.15, -0.1) is 0 Å². The van der Waals surface area contributed by atoms with E-state index < -0.39 is 0 Å². The first-order valence-electron chi connectivity index (χ1n) is 6.76. The van der Waals surface area contributed by atoms with Crippen LogP contribution in [0.25, 0.3) is 0 Å². The van der Waals surface area contributed by atoms with Crippen LogP contribution in [0, 0.1) is 11.3 Å². The van der Waals surface area contributed by atoms with E-state index >= 15 is 0 Å². The van der Waals surface area contributed by atoms with Crippen LogP contribution in [0.1, 0.15) is 32.1 Å². The average Bonchev–Trinajstić information content (AvgIpc) is 2.82. The minimum absolute atomic E-state index is 0.278. The van der Waals surface area contributed by atoms with E-state index in [0.29, 0.717) is 11.3 Å². The summed E-state index contributed by atoms with van der Waals surface area (Å²) >= 11 is 0. The van der Waals surface area contributed by atoms with Crippen molar-refractivity contribution in [2.75, 3.05) is 33.4 Å². The predicted molar refractivity (Wildman–Crippen MR) is 66.8 cm³/mol. The van der Waals surface area contributed by atoms with Crippen molar-refractivity contribution in [1.29, 1.82) is 0 Å². The Morgan fingerprint density at radius 1 is 1.29 bits per heavy atom. The molecule has 0 aromatic carbocycles. The maximum absolute atomic E-state index is 11.9. The van der Waals surface area contributed by atoms with Crippen molar-refractivity contribution in [3.63, 3.8) is 0 Å². The summed E-state index contributed by atoms with van der Waals surface area (Å²) in [4.78, 5) is 11.9. The molecule has 2 N–H and O–H groups in total. The van der Waals surface area contributed by atoms with Gasteiger partial charge in [0, 0.05) is 32.7 Å². The van der Waals surface area contributed by atoms with Gasteiger partial charge in [0.25, 0.3) is 0 Å². The fraction of sp³-hybridized carbons (Fsp3) is 0.923. The lowest BCUT2D eigenvalue weighted by Gasteiger charge is -2.09. The number of ether oxygens (including phenoxy) is 1. The van der Waals surface area contributed by atoms with Crippen molar-refractivity contribution in [2.24, 2.45) is 11.3 Å². The molecular formula is C13H24N2O2. The number of hydrogen-bond donors (Lipinski definition) is 2. The summed E-state index contributed by atoms with van der Waals surface area (Å²) in [6.07, 6.45) is 6.33. The molecular weight excluding hydrogens is 216 g/mol. The van der Waals surface area contributed by atoms with Gasteiger partial charge in [-0.05, 0) is 24.7 Å². The van der Waals surface area contributed by atoms with Crippen molar-refractivity contribution in [3.05, 3.63) is 0 Å². The first-order chi connectivity index (χ1) is 8.28. The van der Waals surface area contributed by atoms with Crippen molar-refractivity contribution in [1.82, 2.24) is 10.6 Å². The van der Waals surface area contributed by atoms with Crippen molar-refractivity contribution in [2.45, 2.75) is 32.1 Å². The van der Waals surface area contributed by atoms with Gasteiger partial charge >= 0.3 is 0 Å². The monoisotopic (exact) mass is 240 g/mol. The first-order valence-corrected chi connectivity index (χ1v) is 6.76. The molecule has 1 atom stereocenters. The normalized spacial score (nSPS) is 25.1. The summed E-state index contributed by atoms with van der Waals surface area (Å²) in [7, 11) is 1.69. The molecule has 17 heavy (non-hydrogen) atoms. The Balaban J connectivity index is 1.53. The third-order valence-corrected chi connectivity index (χ3v) is 4.19. The van der Waals surface area contributed by atoms with Crippen LogP contribution in [0.15, 0.2) is 0 Å². The number of carbonyl (C=O) groups is 1. The molecule has 2 saturated carbocycles. The van der Waals surface area contributed by atoms with Crippen LogP contribution >= 0.6 is 0 Å². The number of hydrogen-bond acceptors (Lipinski definition) is 3. The van der Waals surface area contributed by atoms with Crippen molar-refractivity contribution >= 4 is 5.91 Å². The van der Waals surface area contributed by atoms with E-state index in [-0.39, 0.29) is 5.91 Å². The average molecular weight is 240 g/mol. The maximum atomic E-state index is 11.9. The molecule has 1 unspecified atom stereocenters. The third-order valence-electron chi connectivity index (χ3n) is 4.19. The molecule has 0 bridgehead atoms. The second-order valence-electron chi connectivity index (χ2n) is 5.36. The molecule has 2 rings (SSSR count). The summed E-state index contributed by atoms with van der Waals surface area (Å²) in [5.74, 6) is 0.601. The summed E-state index contributed by atoms with van der Waals surface area (Å²) < 4.78 is 4.93. The largest absolute Gasteiger partial charge is 0.383 e. The number of nitrogens with one attached hydrogen (secondary N) is 2. The highest BCUT2D eigenvalue weighted by atomic mass is 16.5. The van der Waals surface area contributed by atoms with Gasteiger partial charge in [-0.2, -0.15) is 0 Å². The standard InChI is InChI=1S/C13H24N2O2/c1-17-9-8-14-6-7-15-12(16)11-10-13(11)4-2-3-5-13/h11,14H,2-10H2,1H3,(H,15,16). The van der Waals surface area contributed by atoms with Crippen LogP contribution in [0.3, 0.4) is 0 Å². The summed E-state index contributed by atoms with van der Waals surface area (Å²) in [5, 5.41) is 6.25. The van der Waals surface area contributed by atoms with Crippen LogP contribution in [-0.4, -0.2) is 39.3 Å². The quantitative estimate of drug-likeness (QED) is 0.651. The zero-order valence-corrected chi connectivity index (χ0v) is 10.8. The second-order valence-corrected chi connectivity index (χ2v) is 5.36. The van der Waals surface area contributed by atoms with Gasteiger partial charge in [0.2, 0.25) is 5.91 Å². The molecule has 98 valence electrons. The van der Waals surface area contributed by atoms with Gasteiger partial charge in [0.1, 0.15) is 0 Å². The predicted octanol–water partition coefficient (Wildman–Crippen LogP) is 0.919. The molecule has 0 aliphatic heterocycles. The van der Waals surface area contributed by atoms with Gasteiger partial charge in [-0.3, -0.25) is 4.79 Å². The fourth-order valence-corrected chi connectivity index (χ4v) is 3.05. The molecule has 0 saturated heterocycles. The van der Waals surface area contributed by atoms with Gasteiger partial charge in [-0.25, -0.2) is 0 Å².